The van der Waals surface area contributed by atoms with E-state index in [0.29, 0.717) is 12.6 Å². The van der Waals surface area contributed by atoms with Crippen LogP contribution in [0.4, 0.5) is 0 Å². The van der Waals surface area contributed by atoms with Gasteiger partial charge < -0.3 is 15.0 Å². The number of rotatable bonds is 7. The van der Waals surface area contributed by atoms with Crippen molar-refractivity contribution >= 4 is 5.97 Å². The maximum atomic E-state index is 12.0. The minimum Gasteiger partial charge on any atom is -0.468 e. The van der Waals surface area contributed by atoms with Gasteiger partial charge in [0.15, 0.2) is 0 Å². The summed E-state index contributed by atoms with van der Waals surface area (Å²) in [4.78, 5) is 16.6. The van der Waals surface area contributed by atoms with E-state index in [1.54, 1.807) is 0 Å². The van der Waals surface area contributed by atoms with Gasteiger partial charge >= 0.3 is 5.97 Å². The summed E-state index contributed by atoms with van der Waals surface area (Å²) in [5.74, 6) is -0.176. The van der Waals surface area contributed by atoms with Crippen LogP contribution in [0.25, 0.3) is 0 Å². The van der Waals surface area contributed by atoms with Gasteiger partial charge in [0.05, 0.1) is 7.11 Å². The lowest BCUT2D eigenvalue weighted by Gasteiger charge is -2.35. The van der Waals surface area contributed by atoms with E-state index < -0.39 is 5.54 Å². The normalized spacial score (nSPS) is 23.6. The topological polar surface area (TPSA) is 44.8 Å². The SMILES string of the molecule is CCNC(C)(CN1CCCC1CN(C)C)C(=O)OC. The Morgan fingerprint density at radius 1 is 1.53 bits per heavy atom. The molecule has 0 radical (unpaired) electrons. The number of likely N-dealkylation sites (N-methyl/N-ethyl adjacent to an activating group) is 2. The van der Waals surface area contributed by atoms with Gasteiger partial charge in [0, 0.05) is 19.1 Å². The highest BCUT2D eigenvalue weighted by Gasteiger charge is 2.38. The Morgan fingerprint density at radius 2 is 2.21 bits per heavy atom. The molecule has 1 heterocycles. The van der Waals surface area contributed by atoms with Crippen LogP contribution in [0.15, 0.2) is 0 Å². The standard InChI is InChI=1S/C14H29N3O2/c1-6-15-14(2,13(18)19-5)11-17-9-7-8-12(17)10-16(3)4/h12,15H,6-11H2,1-5H3. The molecule has 0 spiro atoms. The third-order valence-corrected chi connectivity index (χ3v) is 3.80. The van der Waals surface area contributed by atoms with E-state index in [4.69, 9.17) is 4.74 Å². The molecule has 0 aliphatic carbocycles. The van der Waals surface area contributed by atoms with Crippen molar-refractivity contribution < 1.29 is 9.53 Å². The average molecular weight is 271 g/mol. The number of carbonyl (C=O) groups excluding carboxylic acids is 1. The molecule has 0 aromatic carbocycles. The average Bonchev–Trinajstić information content (AvgIpc) is 2.74. The van der Waals surface area contributed by atoms with Gasteiger partial charge in [-0.25, -0.2) is 0 Å². The highest BCUT2D eigenvalue weighted by atomic mass is 16.5. The number of esters is 1. The Labute approximate surface area is 117 Å². The fourth-order valence-corrected chi connectivity index (χ4v) is 2.95. The van der Waals surface area contributed by atoms with E-state index in [2.05, 4.69) is 29.2 Å². The van der Waals surface area contributed by atoms with Crippen LogP contribution in [0.1, 0.15) is 26.7 Å². The third-order valence-electron chi connectivity index (χ3n) is 3.80. The van der Waals surface area contributed by atoms with Crippen LogP contribution in [0.2, 0.25) is 0 Å². The van der Waals surface area contributed by atoms with Crippen LogP contribution >= 0.6 is 0 Å². The van der Waals surface area contributed by atoms with Gasteiger partial charge in [0.2, 0.25) is 0 Å². The quantitative estimate of drug-likeness (QED) is 0.685. The Bertz CT molecular complexity index is 296. The predicted molar refractivity (Wildman–Crippen MR) is 77.2 cm³/mol. The first kappa shape index (κ1) is 16.4. The summed E-state index contributed by atoms with van der Waals surface area (Å²) in [7, 11) is 5.65. The number of hydrogen-bond donors (Lipinski definition) is 1. The maximum absolute atomic E-state index is 12.0. The van der Waals surface area contributed by atoms with E-state index >= 15 is 0 Å². The highest BCUT2D eigenvalue weighted by molar-refractivity contribution is 5.80. The number of methoxy groups -OCH3 is 1. The van der Waals surface area contributed by atoms with Crippen molar-refractivity contribution in [1.29, 1.82) is 0 Å². The smallest absolute Gasteiger partial charge is 0.327 e. The molecule has 0 aromatic heterocycles. The number of ether oxygens (including phenoxy) is 1. The fourth-order valence-electron chi connectivity index (χ4n) is 2.95. The molecule has 1 N–H and O–H groups in total. The summed E-state index contributed by atoms with van der Waals surface area (Å²) < 4.78 is 4.96. The van der Waals surface area contributed by atoms with Crippen LogP contribution in [0.5, 0.6) is 0 Å². The molecule has 0 bridgehead atoms. The number of carbonyl (C=O) groups is 1. The minimum atomic E-state index is -0.613. The Kier molecular flexibility index (Phi) is 6.23. The summed E-state index contributed by atoms with van der Waals surface area (Å²) in [6, 6.07) is 0.539. The van der Waals surface area contributed by atoms with Crippen molar-refractivity contribution in [2.24, 2.45) is 0 Å². The zero-order valence-corrected chi connectivity index (χ0v) is 13.0. The molecule has 5 nitrogen and oxygen atoms in total. The van der Waals surface area contributed by atoms with Crippen LogP contribution in [-0.4, -0.2) is 74.7 Å². The lowest BCUT2D eigenvalue weighted by atomic mass is 10.0. The van der Waals surface area contributed by atoms with Gasteiger partial charge in [-0.2, -0.15) is 0 Å². The zero-order chi connectivity index (χ0) is 14.5. The second-order valence-corrected chi connectivity index (χ2v) is 5.88. The molecule has 1 rings (SSSR count). The molecule has 19 heavy (non-hydrogen) atoms. The van der Waals surface area contributed by atoms with Crippen LogP contribution in [0.3, 0.4) is 0 Å². The van der Waals surface area contributed by atoms with Gasteiger partial charge in [0.1, 0.15) is 5.54 Å². The van der Waals surface area contributed by atoms with E-state index in [-0.39, 0.29) is 5.97 Å². The molecule has 2 atom stereocenters. The zero-order valence-electron chi connectivity index (χ0n) is 13.0. The predicted octanol–water partition coefficient (Wildman–Crippen LogP) is 0.554. The van der Waals surface area contributed by atoms with Gasteiger partial charge in [0.25, 0.3) is 0 Å². The Balaban J connectivity index is 2.70. The highest BCUT2D eigenvalue weighted by Crippen LogP contribution is 2.21. The van der Waals surface area contributed by atoms with Crippen molar-refractivity contribution in [1.82, 2.24) is 15.1 Å². The molecule has 0 aromatic rings. The molecule has 1 aliphatic heterocycles. The summed E-state index contributed by atoms with van der Waals surface area (Å²) in [5.41, 5.74) is -0.613. The van der Waals surface area contributed by atoms with Crippen molar-refractivity contribution in [3.05, 3.63) is 0 Å². The number of hydrogen-bond acceptors (Lipinski definition) is 5. The van der Waals surface area contributed by atoms with Gasteiger partial charge in [-0.3, -0.25) is 9.69 Å². The minimum absolute atomic E-state index is 0.176. The second-order valence-electron chi connectivity index (χ2n) is 5.88. The summed E-state index contributed by atoms with van der Waals surface area (Å²) in [6.07, 6.45) is 2.42. The van der Waals surface area contributed by atoms with Crippen molar-refractivity contribution in [3.8, 4) is 0 Å². The molecule has 1 fully saturated rings. The molecule has 2 unspecified atom stereocenters. The first-order valence-electron chi connectivity index (χ1n) is 7.15. The van der Waals surface area contributed by atoms with Crippen molar-refractivity contribution in [3.63, 3.8) is 0 Å². The van der Waals surface area contributed by atoms with E-state index in [1.165, 1.54) is 20.0 Å². The van der Waals surface area contributed by atoms with Crippen molar-refractivity contribution in [2.45, 2.75) is 38.3 Å². The molecule has 1 saturated heterocycles. The van der Waals surface area contributed by atoms with Crippen LogP contribution in [0, 0.1) is 0 Å². The summed E-state index contributed by atoms with van der Waals surface area (Å²) in [6.45, 7) is 7.54. The second kappa shape index (κ2) is 7.22. The lowest BCUT2D eigenvalue weighted by molar-refractivity contribution is -0.148. The lowest BCUT2D eigenvalue weighted by Crippen LogP contribution is -2.58. The molecule has 0 saturated carbocycles. The summed E-state index contributed by atoms with van der Waals surface area (Å²) in [5, 5.41) is 3.28. The molecular weight excluding hydrogens is 242 g/mol. The van der Waals surface area contributed by atoms with Gasteiger partial charge in [-0.05, 0) is 47.0 Å². The maximum Gasteiger partial charge on any atom is 0.327 e. The largest absolute Gasteiger partial charge is 0.468 e. The Hall–Kier alpha value is -0.650. The molecule has 112 valence electrons. The molecule has 1 aliphatic rings. The third kappa shape index (κ3) is 4.44. The fraction of sp³-hybridized carbons (Fsp3) is 0.929. The first-order valence-corrected chi connectivity index (χ1v) is 7.15. The van der Waals surface area contributed by atoms with E-state index in [0.717, 1.165) is 19.6 Å². The van der Waals surface area contributed by atoms with Gasteiger partial charge in [-0.1, -0.05) is 6.92 Å². The van der Waals surface area contributed by atoms with Crippen LogP contribution < -0.4 is 5.32 Å². The number of nitrogens with one attached hydrogen (secondary N) is 1. The molecule has 5 heteroatoms. The van der Waals surface area contributed by atoms with Crippen LogP contribution in [-0.2, 0) is 9.53 Å². The number of likely N-dealkylation sites (tertiary alicyclic amines) is 1. The molecule has 0 amide bonds. The summed E-state index contributed by atoms with van der Waals surface area (Å²) >= 11 is 0. The van der Waals surface area contributed by atoms with Gasteiger partial charge in [-0.15, -0.1) is 0 Å². The van der Waals surface area contributed by atoms with E-state index in [9.17, 15) is 4.79 Å². The van der Waals surface area contributed by atoms with Crippen molar-refractivity contribution in [2.75, 3.05) is 47.4 Å². The molecular formula is C14H29N3O2. The first-order chi connectivity index (χ1) is 8.92. The number of nitrogens with zero attached hydrogens (tertiary/aromatic N) is 2. The Morgan fingerprint density at radius 3 is 2.74 bits per heavy atom. The monoisotopic (exact) mass is 271 g/mol. The van der Waals surface area contributed by atoms with E-state index in [1.807, 2.05) is 13.8 Å².